The molecule has 2 aliphatic rings. The number of alkyl halides is 2. The average Bonchev–Trinajstić information content (AvgIpc) is 2.91. The summed E-state index contributed by atoms with van der Waals surface area (Å²) in [4.78, 5) is 27.6. The number of hydrogen-bond acceptors (Lipinski definition) is 4. The van der Waals surface area contributed by atoms with E-state index in [2.05, 4.69) is 0 Å². The highest BCUT2D eigenvalue weighted by molar-refractivity contribution is 7.84. The number of amides is 1. The molecule has 0 N–H and O–H groups in total. The third-order valence-corrected chi connectivity index (χ3v) is 9.34. The van der Waals surface area contributed by atoms with E-state index < -0.39 is 16.7 Å². The number of carbonyl (C=O) groups is 2. The summed E-state index contributed by atoms with van der Waals surface area (Å²) in [6, 6.07) is 11.7. The Kier molecular flexibility index (Phi) is 11.7. The molecular formula is C33H45F2NO4S. The smallest absolute Gasteiger partial charge is 0.273 e. The van der Waals surface area contributed by atoms with Crippen LogP contribution in [0.4, 0.5) is 8.78 Å². The van der Waals surface area contributed by atoms with Crippen LogP contribution in [0.5, 0.6) is 11.5 Å². The standard InChI is InChI=1S/C32H41F2NO4S.CH4/c1-4-32(33,34)26-12-15-27(16-13-26)39-28-14-11-24-17-19-35(30(37)18-20-40(3)38)31(29(24)21-28)25-8-6-5-7-23(9-10-25)22(2)36;/h11-16,21,23,25,31H,4-10,17-20H2,1-3H3;1H4/t23?,25-,31+,40?;/m1./s1. The Bertz CT molecular complexity index is 1220. The van der Waals surface area contributed by atoms with Gasteiger partial charge in [0.1, 0.15) is 17.3 Å². The summed E-state index contributed by atoms with van der Waals surface area (Å²) in [5.74, 6) is -0.972. The van der Waals surface area contributed by atoms with Gasteiger partial charge in [-0.2, -0.15) is 0 Å². The third kappa shape index (κ3) is 8.24. The van der Waals surface area contributed by atoms with Gasteiger partial charge in [0.2, 0.25) is 5.91 Å². The van der Waals surface area contributed by atoms with Crippen molar-refractivity contribution in [2.75, 3.05) is 18.6 Å². The molecule has 0 bridgehead atoms. The Morgan fingerprint density at radius 2 is 1.71 bits per heavy atom. The highest BCUT2D eigenvalue weighted by Crippen LogP contribution is 2.44. The van der Waals surface area contributed by atoms with Gasteiger partial charge in [0.25, 0.3) is 5.92 Å². The van der Waals surface area contributed by atoms with E-state index in [9.17, 15) is 22.6 Å². The van der Waals surface area contributed by atoms with Crippen molar-refractivity contribution in [3.8, 4) is 11.5 Å². The van der Waals surface area contributed by atoms with Crippen LogP contribution >= 0.6 is 0 Å². The summed E-state index contributed by atoms with van der Waals surface area (Å²) in [7, 11) is -1.05. The molecule has 4 atom stereocenters. The van der Waals surface area contributed by atoms with Crippen LogP contribution in [-0.2, 0) is 32.7 Å². The van der Waals surface area contributed by atoms with Gasteiger partial charge in [-0.3, -0.25) is 13.8 Å². The van der Waals surface area contributed by atoms with Gasteiger partial charge < -0.3 is 9.64 Å². The lowest BCUT2D eigenvalue weighted by molar-refractivity contribution is -0.135. The number of halogens is 2. The summed E-state index contributed by atoms with van der Waals surface area (Å²) < 4.78 is 46.0. The first-order valence-electron chi connectivity index (χ1n) is 14.5. The molecule has 0 saturated heterocycles. The summed E-state index contributed by atoms with van der Waals surface area (Å²) in [5.41, 5.74) is 2.18. The highest BCUT2D eigenvalue weighted by Gasteiger charge is 2.37. The number of hydrogen-bond donors (Lipinski definition) is 0. The molecule has 8 heteroatoms. The van der Waals surface area contributed by atoms with Gasteiger partial charge in [0, 0.05) is 53.7 Å². The highest BCUT2D eigenvalue weighted by atomic mass is 32.2. The lowest BCUT2D eigenvalue weighted by Gasteiger charge is -2.43. The maximum absolute atomic E-state index is 14.1. The fourth-order valence-corrected chi connectivity index (χ4v) is 6.64. The largest absolute Gasteiger partial charge is 0.457 e. The first-order chi connectivity index (χ1) is 19.1. The van der Waals surface area contributed by atoms with Crippen molar-refractivity contribution in [3.05, 3.63) is 59.2 Å². The zero-order chi connectivity index (χ0) is 28.9. The Balaban J connectivity index is 0.00000462. The number of nitrogens with zero attached hydrogens (tertiary/aromatic N) is 1. The van der Waals surface area contributed by atoms with E-state index in [1.165, 1.54) is 24.6 Å². The molecule has 2 aromatic carbocycles. The van der Waals surface area contributed by atoms with Gasteiger partial charge in [-0.15, -0.1) is 0 Å². The van der Waals surface area contributed by atoms with Crippen molar-refractivity contribution in [2.24, 2.45) is 11.8 Å². The minimum Gasteiger partial charge on any atom is -0.457 e. The van der Waals surface area contributed by atoms with Gasteiger partial charge in [0.15, 0.2) is 0 Å². The lowest BCUT2D eigenvalue weighted by Crippen LogP contribution is -2.44. The molecule has 1 saturated carbocycles. The normalized spacial score (nSPS) is 22.0. The van der Waals surface area contributed by atoms with Crippen LogP contribution in [-0.4, -0.2) is 39.4 Å². The van der Waals surface area contributed by atoms with E-state index in [0.29, 0.717) is 23.8 Å². The minimum atomic E-state index is -2.88. The van der Waals surface area contributed by atoms with Crippen molar-refractivity contribution in [3.63, 3.8) is 0 Å². The van der Waals surface area contributed by atoms with Crippen molar-refractivity contribution >= 4 is 22.5 Å². The molecule has 1 aliphatic heterocycles. The summed E-state index contributed by atoms with van der Waals surface area (Å²) >= 11 is 0. The second-order valence-corrected chi connectivity index (χ2v) is 12.8. The predicted molar refractivity (Wildman–Crippen MR) is 161 cm³/mol. The topological polar surface area (TPSA) is 63.7 Å². The molecule has 226 valence electrons. The molecule has 4 rings (SSSR count). The van der Waals surface area contributed by atoms with Crippen molar-refractivity contribution < 1.29 is 27.3 Å². The molecule has 0 spiro atoms. The van der Waals surface area contributed by atoms with E-state index in [-0.39, 0.29) is 55.4 Å². The van der Waals surface area contributed by atoms with Crippen LogP contribution in [0.2, 0.25) is 0 Å². The SMILES string of the molecule is C.CCC(F)(F)c1ccc(Oc2ccc3c(c2)[C@H]([C@@H]2CCCCC(C(C)=O)CC2)N(C(=O)CCS(C)=O)CC3)cc1. The predicted octanol–water partition coefficient (Wildman–Crippen LogP) is 7.99. The maximum Gasteiger partial charge on any atom is 0.273 e. The molecular weight excluding hydrogens is 544 g/mol. The van der Waals surface area contributed by atoms with Crippen LogP contribution in [0, 0.1) is 11.8 Å². The van der Waals surface area contributed by atoms with Gasteiger partial charge in [-0.25, -0.2) is 8.78 Å². The first kappa shape index (κ1) is 32.9. The van der Waals surface area contributed by atoms with Crippen molar-refractivity contribution in [1.29, 1.82) is 0 Å². The summed E-state index contributed by atoms with van der Waals surface area (Å²) in [6.45, 7) is 3.74. The number of fused-ring (bicyclic) bond motifs is 1. The number of carbonyl (C=O) groups excluding carboxylic acids is 2. The fourth-order valence-electron chi connectivity index (χ4n) is 6.18. The number of ether oxygens (including phenoxy) is 1. The Morgan fingerprint density at radius 3 is 2.37 bits per heavy atom. The van der Waals surface area contributed by atoms with E-state index in [1.807, 2.05) is 23.1 Å². The molecule has 1 aliphatic carbocycles. The zero-order valence-corrected chi connectivity index (χ0v) is 24.6. The van der Waals surface area contributed by atoms with Gasteiger partial charge in [-0.05, 0) is 92.5 Å². The Morgan fingerprint density at radius 1 is 1.02 bits per heavy atom. The van der Waals surface area contributed by atoms with Crippen LogP contribution in [0.25, 0.3) is 0 Å². The number of rotatable bonds is 9. The molecule has 1 fully saturated rings. The molecule has 1 amide bonds. The van der Waals surface area contributed by atoms with Crippen LogP contribution in [0.1, 0.15) is 95.4 Å². The van der Waals surface area contributed by atoms with E-state index in [4.69, 9.17) is 4.74 Å². The zero-order valence-electron chi connectivity index (χ0n) is 23.8. The summed E-state index contributed by atoms with van der Waals surface area (Å²) in [5, 5.41) is 0. The Hall–Kier alpha value is -2.61. The second kappa shape index (κ2) is 14.5. The molecule has 5 nitrogen and oxygen atoms in total. The molecule has 2 unspecified atom stereocenters. The molecule has 41 heavy (non-hydrogen) atoms. The Labute approximate surface area is 246 Å². The quantitative estimate of drug-likeness (QED) is 0.297. The monoisotopic (exact) mass is 589 g/mol. The number of benzene rings is 2. The van der Waals surface area contributed by atoms with Crippen LogP contribution in [0.3, 0.4) is 0 Å². The number of Topliss-reactive ketones (excluding diaryl/α,β-unsaturated/α-hetero) is 1. The average molecular weight is 590 g/mol. The van der Waals surface area contributed by atoms with Gasteiger partial charge >= 0.3 is 0 Å². The molecule has 0 aromatic heterocycles. The fraction of sp³-hybridized carbons (Fsp3) is 0.576. The van der Waals surface area contributed by atoms with Gasteiger partial charge in [-0.1, -0.05) is 33.3 Å². The van der Waals surface area contributed by atoms with Crippen molar-refractivity contribution in [1.82, 2.24) is 4.90 Å². The summed E-state index contributed by atoms with van der Waals surface area (Å²) in [6.07, 6.45) is 7.88. The van der Waals surface area contributed by atoms with Crippen LogP contribution < -0.4 is 4.74 Å². The van der Waals surface area contributed by atoms with Crippen LogP contribution in [0.15, 0.2) is 42.5 Å². The maximum atomic E-state index is 14.1. The molecule has 1 heterocycles. The van der Waals surface area contributed by atoms with Gasteiger partial charge in [0.05, 0.1) is 6.04 Å². The van der Waals surface area contributed by atoms with E-state index >= 15 is 0 Å². The van der Waals surface area contributed by atoms with E-state index in [0.717, 1.165) is 50.5 Å². The first-order valence-corrected chi connectivity index (χ1v) is 16.2. The third-order valence-electron chi connectivity index (χ3n) is 8.56. The molecule has 0 radical (unpaired) electrons. The molecule has 2 aromatic rings. The lowest BCUT2D eigenvalue weighted by atomic mass is 9.76. The minimum absolute atomic E-state index is 0. The van der Waals surface area contributed by atoms with Crippen molar-refractivity contribution in [2.45, 2.75) is 91.0 Å². The number of ketones is 1. The second-order valence-electron chi connectivity index (χ2n) is 11.3. The van der Waals surface area contributed by atoms with E-state index in [1.54, 1.807) is 25.3 Å².